The molecule has 2 aromatic heterocycles. The first-order valence-electron chi connectivity index (χ1n) is 12.0. The number of amides is 1. The van der Waals surface area contributed by atoms with Crippen LogP contribution < -0.4 is 15.2 Å². The summed E-state index contributed by atoms with van der Waals surface area (Å²) in [6.45, 7) is 6.17. The van der Waals surface area contributed by atoms with Crippen molar-refractivity contribution < 1.29 is 9.53 Å². The maximum atomic E-state index is 13.7. The van der Waals surface area contributed by atoms with E-state index in [9.17, 15) is 9.59 Å². The smallest absolute Gasteiger partial charge is 0.267 e. The second kappa shape index (κ2) is 10.1. The molecule has 2 fully saturated rings. The van der Waals surface area contributed by atoms with Crippen molar-refractivity contribution in [3.05, 3.63) is 74.5 Å². The highest BCUT2D eigenvalue weighted by Gasteiger charge is 2.33. The Morgan fingerprint density at radius 1 is 1.19 bits per heavy atom. The van der Waals surface area contributed by atoms with Crippen LogP contribution in [0.3, 0.4) is 0 Å². The monoisotopic (exact) mass is 520 g/mol. The van der Waals surface area contributed by atoms with Gasteiger partial charge in [-0.05, 0) is 61.1 Å². The summed E-state index contributed by atoms with van der Waals surface area (Å²) >= 11 is 6.78. The molecule has 0 saturated carbocycles. The zero-order valence-electron chi connectivity index (χ0n) is 20.6. The Morgan fingerprint density at radius 3 is 2.69 bits per heavy atom. The number of carbonyl (C=O) groups excluding carboxylic acids is 1. The van der Waals surface area contributed by atoms with Gasteiger partial charge in [0.25, 0.3) is 11.5 Å². The Morgan fingerprint density at radius 2 is 1.97 bits per heavy atom. The van der Waals surface area contributed by atoms with Crippen molar-refractivity contribution in [2.45, 2.75) is 33.2 Å². The van der Waals surface area contributed by atoms with Crippen molar-refractivity contribution in [1.82, 2.24) is 14.3 Å². The van der Waals surface area contributed by atoms with Gasteiger partial charge in [0.05, 0.1) is 24.1 Å². The number of benzene rings is 1. The summed E-state index contributed by atoms with van der Waals surface area (Å²) < 4.78 is 7.26. The molecule has 1 atom stereocenters. The van der Waals surface area contributed by atoms with E-state index in [1.807, 2.05) is 43.3 Å². The standard InChI is InChI=1S/C27H28N4O3S2/c1-17-5-4-12-29(14-17)24-21(25(32)30-15-18(2)6-11-23(30)28-24)13-22-26(33)31(27(35)36-22)16-19-7-9-20(34-3)10-8-19/h6-11,13,15,17H,4-5,12,14,16H2,1-3H3/b22-13+. The SMILES string of the molecule is COc1ccc(CN2C(=O)/C(=C\c3c(N4CCCC(C)C4)nc4ccc(C)cn4c3=O)SC2=S)cc1. The third-order valence-electron chi connectivity index (χ3n) is 6.59. The topological polar surface area (TPSA) is 67.2 Å². The van der Waals surface area contributed by atoms with Gasteiger partial charge in [-0.1, -0.05) is 49.1 Å². The molecule has 186 valence electrons. The number of rotatable bonds is 5. The summed E-state index contributed by atoms with van der Waals surface area (Å²) in [5.74, 6) is 1.69. The predicted octanol–water partition coefficient (Wildman–Crippen LogP) is 4.65. The van der Waals surface area contributed by atoms with Crippen LogP contribution in [0.25, 0.3) is 11.7 Å². The first-order chi connectivity index (χ1) is 17.3. The molecule has 5 rings (SSSR count). The van der Waals surface area contributed by atoms with Gasteiger partial charge in [-0.3, -0.25) is 18.9 Å². The van der Waals surface area contributed by atoms with Crippen molar-refractivity contribution >= 4 is 51.7 Å². The van der Waals surface area contributed by atoms with E-state index in [-0.39, 0.29) is 11.5 Å². The van der Waals surface area contributed by atoms with Crippen LogP contribution in [0.4, 0.5) is 5.82 Å². The molecule has 0 bridgehead atoms. The number of aromatic nitrogens is 2. The summed E-state index contributed by atoms with van der Waals surface area (Å²) in [5.41, 5.74) is 2.75. The number of ether oxygens (including phenoxy) is 1. The lowest BCUT2D eigenvalue weighted by Gasteiger charge is -2.32. The number of aryl methyl sites for hydroxylation is 1. The van der Waals surface area contributed by atoms with Gasteiger partial charge in [0, 0.05) is 19.3 Å². The molecule has 0 N–H and O–H groups in total. The number of pyridine rings is 1. The zero-order chi connectivity index (χ0) is 25.4. The van der Waals surface area contributed by atoms with Gasteiger partial charge >= 0.3 is 0 Å². The first-order valence-corrected chi connectivity index (χ1v) is 13.2. The molecule has 2 saturated heterocycles. The van der Waals surface area contributed by atoms with Crippen LogP contribution in [0, 0.1) is 12.8 Å². The van der Waals surface area contributed by atoms with Crippen molar-refractivity contribution in [2.75, 3.05) is 25.1 Å². The van der Waals surface area contributed by atoms with Crippen LogP contribution in [0.2, 0.25) is 0 Å². The highest BCUT2D eigenvalue weighted by molar-refractivity contribution is 8.26. The van der Waals surface area contributed by atoms with Crippen LogP contribution in [0.1, 0.15) is 36.5 Å². The predicted molar refractivity (Wildman–Crippen MR) is 149 cm³/mol. The molecule has 0 aliphatic carbocycles. The van der Waals surface area contributed by atoms with Crippen molar-refractivity contribution in [3.8, 4) is 5.75 Å². The summed E-state index contributed by atoms with van der Waals surface area (Å²) in [4.78, 5) is 36.2. The zero-order valence-corrected chi connectivity index (χ0v) is 22.2. The van der Waals surface area contributed by atoms with Gasteiger partial charge in [0.2, 0.25) is 0 Å². The molecule has 1 aromatic carbocycles. The van der Waals surface area contributed by atoms with Gasteiger partial charge < -0.3 is 9.64 Å². The Kier molecular flexibility index (Phi) is 6.85. The number of anilines is 1. The van der Waals surface area contributed by atoms with E-state index >= 15 is 0 Å². The maximum absolute atomic E-state index is 13.7. The molecule has 1 amide bonds. The minimum Gasteiger partial charge on any atom is -0.497 e. The van der Waals surface area contributed by atoms with Crippen LogP contribution >= 0.6 is 24.0 Å². The third-order valence-corrected chi connectivity index (χ3v) is 7.97. The number of fused-ring (bicyclic) bond motifs is 1. The molecule has 7 nitrogen and oxygen atoms in total. The fourth-order valence-electron chi connectivity index (χ4n) is 4.68. The molecule has 0 radical (unpaired) electrons. The lowest BCUT2D eigenvalue weighted by molar-refractivity contribution is -0.122. The molecule has 36 heavy (non-hydrogen) atoms. The molecular weight excluding hydrogens is 492 g/mol. The van der Waals surface area contributed by atoms with Crippen LogP contribution in [0.5, 0.6) is 5.75 Å². The fraction of sp³-hybridized carbons (Fsp3) is 0.333. The Balaban J connectivity index is 1.54. The van der Waals surface area contributed by atoms with Crippen LogP contribution in [-0.4, -0.2) is 44.7 Å². The molecule has 0 spiro atoms. The quantitative estimate of drug-likeness (QED) is 0.358. The summed E-state index contributed by atoms with van der Waals surface area (Å²) in [7, 11) is 1.62. The average molecular weight is 521 g/mol. The first kappa shape index (κ1) is 24.5. The normalized spacial score (nSPS) is 19.5. The number of nitrogens with zero attached hydrogens (tertiary/aromatic N) is 4. The number of carbonyl (C=O) groups is 1. The van der Waals surface area contributed by atoms with E-state index in [1.165, 1.54) is 11.8 Å². The largest absolute Gasteiger partial charge is 0.497 e. The second-order valence-electron chi connectivity index (χ2n) is 9.40. The number of hydrogen-bond acceptors (Lipinski definition) is 7. The Labute approximate surface area is 219 Å². The number of thiocarbonyl (C=S) groups is 1. The van der Waals surface area contributed by atoms with Crippen molar-refractivity contribution in [1.29, 1.82) is 0 Å². The summed E-state index contributed by atoms with van der Waals surface area (Å²) in [6.07, 6.45) is 5.67. The third kappa shape index (κ3) is 4.77. The van der Waals surface area contributed by atoms with Gasteiger partial charge in [0.1, 0.15) is 21.5 Å². The van der Waals surface area contributed by atoms with E-state index in [0.717, 1.165) is 42.8 Å². The van der Waals surface area contributed by atoms with Gasteiger partial charge in [-0.15, -0.1) is 0 Å². The number of hydrogen-bond donors (Lipinski definition) is 0. The molecule has 4 heterocycles. The number of thioether (sulfide) groups is 1. The van der Waals surface area contributed by atoms with Gasteiger partial charge in [0.15, 0.2) is 0 Å². The van der Waals surface area contributed by atoms with E-state index < -0.39 is 0 Å². The van der Waals surface area contributed by atoms with E-state index in [4.69, 9.17) is 21.9 Å². The Bertz CT molecular complexity index is 1430. The highest BCUT2D eigenvalue weighted by atomic mass is 32.2. The van der Waals surface area contributed by atoms with Crippen LogP contribution in [0.15, 0.2) is 52.3 Å². The van der Waals surface area contributed by atoms with Crippen LogP contribution in [-0.2, 0) is 11.3 Å². The highest BCUT2D eigenvalue weighted by Crippen LogP contribution is 2.35. The maximum Gasteiger partial charge on any atom is 0.267 e. The average Bonchev–Trinajstić information content (AvgIpc) is 3.13. The molecule has 2 aliphatic rings. The van der Waals surface area contributed by atoms with Crippen molar-refractivity contribution in [2.24, 2.45) is 5.92 Å². The van der Waals surface area contributed by atoms with E-state index in [1.54, 1.807) is 28.7 Å². The molecule has 3 aromatic rings. The number of methoxy groups -OCH3 is 1. The lowest BCUT2D eigenvalue weighted by atomic mass is 10.00. The molecule has 2 aliphatic heterocycles. The van der Waals surface area contributed by atoms with E-state index in [0.29, 0.717) is 38.7 Å². The molecule has 1 unspecified atom stereocenters. The molecular formula is C27H28N4O3S2. The van der Waals surface area contributed by atoms with Gasteiger partial charge in [-0.2, -0.15) is 0 Å². The number of piperidine rings is 1. The Hall–Kier alpha value is -3.17. The lowest BCUT2D eigenvalue weighted by Crippen LogP contribution is -2.37. The molecule has 9 heteroatoms. The van der Waals surface area contributed by atoms with Crippen molar-refractivity contribution in [3.63, 3.8) is 0 Å². The summed E-state index contributed by atoms with van der Waals surface area (Å²) in [5, 5.41) is 0. The van der Waals surface area contributed by atoms with Gasteiger partial charge in [-0.25, -0.2) is 4.98 Å². The minimum atomic E-state index is -0.201. The van der Waals surface area contributed by atoms with E-state index in [2.05, 4.69) is 11.8 Å². The minimum absolute atomic E-state index is 0.183. The fourth-order valence-corrected chi connectivity index (χ4v) is 5.91. The second-order valence-corrected chi connectivity index (χ2v) is 11.1. The summed E-state index contributed by atoms with van der Waals surface area (Å²) in [6, 6.07) is 11.4.